The third kappa shape index (κ3) is 2.72. The Morgan fingerprint density at radius 2 is 1.75 bits per heavy atom. The summed E-state index contributed by atoms with van der Waals surface area (Å²) in [6.45, 7) is 1.45. The molecule has 0 spiro atoms. The van der Waals surface area contributed by atoms with Gasteiger partial charge in [0.15, 0.2) is 17.5 Å². The SMILES string of the molecule is C/C(N)=N/C(N)=Nc1ccc(F)c(F)c1F. The van der Waals surface area contributed by atoms with Gasteiger partial charge in [0.25, 0.3) is 0 Å². The first-order valence-electron chi connectivity index (χ1n) is 4.20. The summed E-state index contributed by atoms with van der Waals surface area (Å²) in [4.78, 5) is 6.95. The van der Waals surface area contributed by atoms with Gasteiger partial charge in [0.05, 0.1) is 5.84 Å². The van der Waals surface area contributed by atoms with E-state index in [0.29, 0.717) is 0 Å². The van der Waals surface area contributed by atoms with E-state index in [4.69, 9.17) is 11.5 Å². The smallest absolute Gasteiger partial charge is 0.222 e. The molecule has 0 heterocycles. The zero-order chi connectivity index (χ0) is 12.3. The van der Waals surface area contributed by atoms with Crippen molar-refractivity contribution in [3.63, 3.8) is 0 Å². The van der Waals surface area contributed by atoms with Crippen LogP contribution >= 0.6 is 0 Å². The van der Waals surface area contributed by atoms with Gasteiger partial charge >= 0.3 is 0 Å². The molecule has 0 aliphatic heterocycles. The van der Waals surface area contributed by atoms with Gasteiger partial charge in [-0.15, -0.1) is 0 Å². The van der Waals surface area contributed by atoms with Crippen molar-refractivity contribution in [3.05, 3.63) is 29.6 Å². The number of benzene rings is 1. The van der Waals surface area contributed by atoms with Crippen molar-refractivity contribution in [2.24, 2.45) is 21.5 Å². The molecule has 0 aromatic heterocycles. The lowest BCUT2D eigenvalue weighted by Crippen LogP contribution is -2.15. The average molecular weight is 230 g/mol. The van der Waals surface area contributed by atoms with Crippen molar-refractivity contribution in [3.8, 4) is 0 Å². The molecule has 16 heavy (non-hydrogen) atoms. The Bertz CT molecular complexity index is 464. The fourth-order valence-corrected chi connectivity index (χ4v) is 0.931. The summed E-state index contributed by atoms with van der Waals surface area (Å²) in [5, 5.41) is 0. The summed E-state index contributed by atoms with van der Waals surface area (Å²) in [5.74, 6) is -4.56. The fourth-order valence-electron chi connectivity index (χ4n) is 0.931. The van der Waals surface area contributed by atoms with Gasteiger partial charge in [0, 0.05) is 0 Å². The molecule has 4 N–H and O–H groups in total. The molecule has 0 radical (unpaired) electrons. The second kappa shape index (κ2) is 4.65. The Labute approximate surface area is 89.5 Å². The maximum absolute atomic E-state index is 13.1. The third-order valence-electron chi connectivity index (χ3n) is 1.54. The predicted molar refractivity (Wildman–Crippen MR) is 54.9 cm³/mol. The Hall–Kier alpha value is -2.05. The third-order valence-corrected chi connectivity index (χ3v) is 1.54. The highest BCUT2D eigenvalue weighted by atomic mass is 19.2. The maximum Gasteiger partial charge on any atom is 0.222 e. The molecule has 0 saturated carbocycles. The molecule has 0 aliphatic rings. The van der Waals surface area contributed by atoms with Gasteiger partial charge in [0.2, 0.25) is 5.96 Å². The Kier molecular flexibility index (Phi) is 3.49. The average Bonchev–Trinajstić information content (AvgIpc) is 2.18. The van der Waals surface area contributed by atoms with E-state index in [9.17, 15) is 13.2 Å². The van der Waals surface area contributed by atoms with E-state index in [2.05, 4.69) is 9.98 Å². The predicted octanol–water partition coefficient (Wildman–Crippen LogP) is 1.43. The highest BCUT2D eigenvalue weighted by molar-refractivity contribution is 5.94. The van der Waals surface area contributed by atoms with Crippen LogP contribution in [-0.2, 0) is 0 Å². The molecule has 0 saturated heterocycles. The lowest BCUT2D eigenvalue weighted by atomic mass is 10.3. The molecule has 1 rings (SSSR count). The normalized spacial score (nSPS) is 13.0. The van der Waals surface area contributed by atoms with E-state index < -0.39 is 23.1 Å². The summed E-state index contributed by atoms with van der Waals surface area (Å²) in [7, 11) is 0. The molecule has 86 valence electrons. The van der Waals surface area contributed by atoms with Crippen LogP contribution in [0.1, 0.15) is 6.92 Å². The van der Waals surface area contributed by atoms with Gasteiger partial charge < -0.3 is 11.5 Å². The number of amidine groups is 1. The number of hydrogen-bond donors (Lipinski definition) is 2. The topological polar surface area (TPSA) is 76.8 Å². The van der Waals surface area contributed by atoms with Gasteiger partial charge in [-0.1, -0.05) is 0 Å². The molecule has 0 bridgehead atoms. The van der Waals surface area contributed by atoms with Crippen LogP contribution in [0.5, 0.6) is 0 Å². The first kappa shape index (κ1) is 12.0. The molecular weight excluding hydrogens is 221 g/mol. The fraction of sp³-hybridized carbons (Fsp3) is 0.111. The largest absolute Gasteiger partial charge is 0.387 e. The Balaban J connectivity index is 3.17. The summed E-state index contributed by atoms with van der Waals surface area (Å²) in [5.41, 5.74) is 10.0. The first-order valence-corrected chi connectivity index (χ1v) is 4.20. The summed E-state index contributed by atoms with van der Waals surface area (Å²) >= 11 is 0. The summed E-state index contributed by atoms with van der Waals surface area (Å²) in [6.07, 6.45) is 0. The van der Waals surface area contributed by atoms with E-state index >= 15 is 0 Å². The minimum atomic E-state index is -1.61. The number of rotatable bonds is 1. The van der Waals surface area contributed by atoms with Gasteiger partial charge in [-0.3, -0.25) is 0 Å². The quantitative estimate of drug-likeness (QED) is 0.435. The molecule has 0 atom stereocenters. The number of halogens is 3. The summed E-state index contributed by atoms with van der Waals surface area (Å²) < 4.78 is 38.5. The monoisotopic (exact) mass is 230 g/mol. The van der Waals surface area contributed by atoms with Crippen LogP contribution in [0, 0.1) is 17.5 Å². The standard InChI is InChI=1S/C9H9F3N4/c1-4(13)15-9(14)16-6-3-2-5(10)7(11)8(6)12/h2-3H,1H3,(H4,13,14,15,16). The molecule has 0 fully saturated rings. The molecule has 1 aromatic rings. The van der Waals surface area contributed by atoms with E-state index in [0.717, 1.165) is 12.1 Å². The molecule has 4 nitrogen and oxygen atoms in total. The number of guanidine groups is 1. The zero-order valence-electron chi connectivity index (χ0n) is 8.34. The maximum atomic E-state index is 13.1. The van der Waals surface area contributed by atoms with Gasteiger partial charge in [-0.05, 0) is 19.1 Å². The van der Waals surface area contributed by atoms with Gasteiger partial charge in [0.1, 0.15) is 5.69 Å². The van der Waals surface area contributed by atoms with E-state index in [1.807, 2.05) is 0 Å². The van der Waals surface area contributed by atoms with E-state index in [1.54, 1.807) is 0 Å². The molecule has 1 aromatic carbocycles. The second-order valence-corrected chi connectivity index (χ2v) is 2.92. The van der Waals surface area contributed by atoms with Crippen molar-refractivity contribution in [2.45, 2.75) is 6.92 Å². The molecule has 7 heteroatoms. The Morgan fingerprint density at radius 3 is 2.31 bits per heavy atom. The van der Waals surface area contributed by atoms with Crippen LogP contribution in [0.3, 0.4) is 0 Å². The van der Waals surface area contributed by atoms with Crippen molar-refractivity contribution < 1.29 is 13.2 Å². The number of hydrogen-bond acceptors (Lipinski definition) is 1. The van der Waals surface area contributed by atoms with Crippen molar-refractivity contribution in [1.82, 2.24) is 0 Å². The van der Waals surface area contributed by atoms with E-state index in [1.165, 1.54) is 6.92 Å². The minimum Gasteiger partial charge on any atom is -0.387 e. The van der Waals surface area contributed by atoms with Crippen molar-refractivity contribution in [2.75, 3.05) is 0 Å². The first-order chi connectivity index (χ1) is 7.41. The van der Waals surface area contributed by atoms with Gasteiger partial charge in [-0.25, -0.2) is 23.2 Å². The lowest BCUT2D eigenvalue weighted by molar-refractivity contribution is 0.448. The number of nitrogens with two attached hydrogens (primary N) is 2. The van der Waals surface area contributed by atoms with Crippen LogP contribution < -0.4 is 11.5 Å². The van der Waals surface area contributed by atoms with Crippen LogP contribution in [0.15, 0.2) is 22.1 Å². The zero-order valence-corrected chi connectivity index (χ0v) is 8.34. The second-order valence-electron chi connectivity index (χ2n) is 2.92. The number of nitrogens with zero attached hydrogens (tertiary/aromatic N) is 2. The highest BCUT2D eigenvalue weighted by Crippen LogP contribution is 2.22. The molecule has 0 amide bonds. The summed E-state index contributed by atoms with van der Waals surface area (Å²) in [6, 6.07) is 1.69. The number of aliphatic imine (C=N–C) groups is 2. The van der Waals surface area contributed by atoms with Crippen LogP contribution in [-0.4, -0.2) is 11.8 Å². The van der Waals surface area contributed by atoms with E-state index in [-0.39, 0.29) is 11.8 Å². The van der Waals surface area contributed by atoms with Crippen LogP contribution in [0.2, 0.25) is 0 Å². The van der Waals surface area contributed by atoms with Gasteiger partial charge in [-0.2, -0.15) is 0 Å². The van der Waals surface area contributed by atoms with Crippen LogP contribution in [0.4, 0.5) is 18.9 Å². The molecule has 0 aliphatic carbocycles. The lowest BCUT2D eigenvalue weighted by Gasteiger charge is -2.00. The Morgan fingerprint density at radius 1 is 1.12 bits per heavy atom. The minimum absolute atomic E-state index is 0.115. The highest BCUT2D eigenvalue weighted by Gasteiger charge is 2.12. The van der Waals surface area contributed by atoms with Crippen molar-refractivity contribution >= 4 is 17.5 Å². The molecular formula is C9H9F3N4. The molecule has 0 unspecified atom stereocenters. The van der Waals surface area contributed by atoms with Crippen molar-refractivity contribution in [1.29, 1.82) is 0 Å². The van der Waals surface area contributed by atoms with Crippen LogP contribution in [0.25, 0.3) is 0 Å².